The second-order valence-corrected chi connectivity index (χ2v) is 10.3. The summed E-state index contributed by atoms with van der Waals surface area (Å²) in [6, 6.07) is 15.8. The van der Waals surface area contributed by atoms with Crippen LogP contribution in [0.25, 0.3) is 10.9 Å². The molecule has 1 aliphatic rings. The highest BCUT2D eigenvalue weighted by Gasteiger charge is 2.41. The maximum Gasteiger partial charge on any atom is 0.410 e. The molecule has 0 bridgehead atoms. The van der Waals surface area contributed by atoms with Crippen LogP contribution in [0.4, 0.5) is 4.79 Å². The van der Waals surface area contributed by atoms with Gasteiger partial charge in [0.05, 0.1) is 17.5 Å². The zero-order valence-corrected chi connectivity index (χ0v) is 21.9. The predicted octanol–water partition coefficient (Wildman–Crippen LogP) is 3.59. The molecule has 4 rings (SSSR count). The molecule has 1 aromatic heterocycles. The number of nitrogens with zero attached hydrogens (tertiary/aromatic N) is 2. The smallest absolute Gasteiger partial charge is 0.410 e. The van der Waals surface area contributed by atoms with Crippen LogP contribution in [0.2, 0.25) is 0 Å². The lowest BCUT2D eigenvalue weighted by Crippen LogP contribution is -2.45. The highest BCUT2D eigenvalue weighted by molar-refractivity contribution is 5.95. The number of ether oxygens (including phenoxy) is 2. The van der Waals surface area contributed by atoms with E-state index in [2.05, 4.69) is 10.3 Å². The molecule has 0 unspecified atom stereocenters. The van der Waals surface area contributed by atoms with E-state index in [4.69, 9.17) is 14.7 Å². The minimum absolute atomic E-state index is 0.00218. The predicted molar refractivity (Wildman–Crippen MR) is 140 cm³/mol. The van der Waals surface area contributed by atoms with Crippen molar-refractivity contribution in [3.8, 4) is 5.75 Å². The van der Waals surface area contributed by atoms with Crippen LogP contribution in [0, 0.1) is 12.8 Å². The van der Waals surface area contributed by atoms with Gasteiger partial charge >= 0.3 is 6.09 Å². The number of amides is 3. The van der Waals surface area contributed by atoms with Crippen molar-refractivity contribution < 1.29 is 29.1 Å². The van der Waals surface area contributed by atoms with Crippen molar-refractivity contribution in [2.45, 2.75) is 45.9 Å². The number of fused-ring (bicyclic) bond motifs is 1. The summed E-state index contributed by atoms with van der Waals surface area (Å²) < 4.78 is 11.4. The lowest BCUT2D eigenvalue weighted by Gasteiger charge is -2.24. The van der Waals surface area contributed by atoms with E-state index < -0.39 is 35.5 Å². The molecule has 3 N–H and O–H groups in total. The summed E-state index contributed by atoms with van der Waals surface area (Å²) in [6.07, 6.45) is -0.594. The number of nitrogens with one attached hydrogen (secondary N) is 2. The van der Waals surface area contributed by atoms with Crippen LogP contribution in [0.3, 0.4) is 0 Å². The molecule has 38 heavy (non-hydrogen) atoms. The van der Waals surface area contributed by atoms with Gasteiger partial charge < -0.3 is 19.7 Å². The van der Waals surface area contributed by atoms with Crippen molar-refractivity contribution in [1.82, 2.24) is 20.7 Å². The quantitative estimate of drug-likeness (QED) is 0.334. The first-order chi connectivity index (χ1) is 18.0. The van der Waals surface area contributed by atoms with Crippen molar-refractivity contribution in [3.05, 3.63) is 71.4 Å². The Labute approximate surface area is 220 Å². The lowest BCUT2D eigenvalue weighted by atomic mass is 10.0. The third-order valence-corrected chi connectivity index (χ3v) is 6.18. The first-order valence-corrected chi connectivity index (χ1v) is 12.3. The van der Waals surface area contributed by atoms with Gasteiger partial charge in [-0.25, -0.2) is 10.3 Å². The third-order valence-electron chi connectivity index (χ3n) is 6.18. The molecule has 1 fully saturated rings. The minimum atomic E-state index is -0.835. The van der Waals surface area contributed by atoms with Gasteiger partial charge in [-0.15, -0.1) is 0 Å². The molecular formula is C28H32N4O6. The Bertz CT molecular complexity index is 1340. The van der Waals surface area contributed by atoms with Crippen LogP contribution in [-0.4, -0.2) is 57.7 Å². The van der Waals surface area contributed by atoms with Crippen molar-refractivity contribution in [2.24, 2.45) is 5.92 Å². The number of carbonyl (C=O) groups excluding carboxylic acids is 3. The van der Waals surface area contributed by atoms with Crippen LogP contribution in [0.1, 0.15) is 42.4 Å². The fraction of sp³-hybridized carbons (Fsp3) is 0.357. The van der Waals surface area contributed by atoms with Crippen molar-refractivity contribution in [2.75, 3.05) is 13.1 Å². The maximum absolute atomic E-state index is 12.9. The highest BCUT2D eigenvalue weighted by atomic mass is 16.6. The fourth-order valence-corrected chi connectivity index (χ4v) is 4.40. The average molecular weight is 521 g/mol. The molecule has 0 spiro atoms. The summed E-state index contributed by atoms with van der Waals surface area (Å²) in [4.78, 5) is 43.6. The SMILES string of the molecule is Cc1cc(COc2ccc(C(=O)N[C@@H]3CN(C(=O)OC(C)(C)C)C[C@@H]3C(=O)NO)cc2)c2ccccc2n1. The Morgan fingerprint density at radius 3 is 2.47 bits per heavy atom. The number of para-hydroxylation sites is 1. The van der Waals surface area contributed by atoms with Crippen LogP contribution >= 0.6 is 0 Å². The number of benzene rings is 2. The minimum Gasteiger partial charge on any atom is -0.489 e. The molecule has 10 nitrogen and oxygen atoms in total. The number of hydroxylamine groups is 1. The number of rotatable bonds is 6. The molecule has 0 saturated carbocycles. The van der Waals surface area contributed by atoms with Crippen LogP contribution < -0.4 is 15.5 Å². The Balaban J connectivity index is 1.40. The second-order valence-electron chi connectivity index (χ2n) is 10.3. The topological polar surface area (TPSA) is 130 Å². The Morgan fingerprint density at radius 1 is 1.08 bits per heavy atom. The van der Waals surface area contributed by atoms with E-state index in [1.165, 1.54) is 4.90 Å². The molecule has 200 valence electrons. The Kier molecular flexibility index (Phi) is 7.82. The van der Waals surface area contributed by atoms with Gasteiger partial charge in [-0.05, 0) is 64.1 Å². The molecule has 2 atom stereocenters. The number of aromatic nitrogens is 1. The monoisotopic (exact) mass is 520 g/mol. The van der Waals surface area contributed by atoms with E-state index in [0.717, 1.165) is 22.2 Å². The summed E-state index contributed by atoms with van der Waals surface area (Å²) in [5.41, 5.74) is 4.09. The van der Waals surface area contributed by atoms with Gasteiger partial charge in [0.15, 0.2) is 0 Å². The zero-order valence-electron chi connectivity index (χ0n) is 21.9. The summed E-state index contributed by atoms with van der Waals surface area (Å²) in [6.45, 7) is 7.58. The Morgan fingerprint density at radius 2 is 1.79 bits per heavy atom. The Hall–Kier alpha value is -4.18. The first-order valence-electron chi connectivity index (χ1n) is 12.3. The van der Waals surface area contributed by atoms with E-state index in [1.807, 2.05) is 37.3 Å². The highest BCUT2D eigenvalue weighted by Crippen LogP contribution is 2.23. The van der Waals surface area contributed by atoms with E-state index >= 15 is 0 Å². The zero-order chi connectivity index (χ0) is 27.4. The van der Waals surface area contributed by atoms with Gasteiger partial charge in [-0.3, -0.25) is 19.8 Å². The molecule has 2 heterocycles. The summed E-state index contributed by atoms with van der Waals surface area (Å²) in [7, 11) is 0. The maximum atomic E-state index is 12.9. The normalized spacial score (nSPS) is 17.2. The molecular weight excluding hydrogens is 488 g/mol. The van der Waals surface area contributed by atoms with Crippen molar-refractivity contribution in [3.63, 3.8) is 0 Å². The van der Waals surface area contributed by atoms with Gasteiger partial charge in [0, 0.05) is 35.3 Å². The van der Waals surface area contributed by atoms with Gasteiger partial charge in [0.1, 0.15) is 18.0 Å². The van der Waals surface area contributed by atoms with E-state index in [-0.39, 0.29) is 13.1 Å². The standard InChI is InChI=1S/C28H32N4O6/c1-17-13-19(21-7-5-6-8-23(21)29-17)16-37-20-11-9-18(10-12-20)25(33)30-24-15-32(14-22(24)26(34)31-36)27(35)38-28(2,3)4/h5-13,22,24,36H,14-16H2,1-4H3,(H,30,33)(H,31,34)/t22-,24+/m0/s1. The van der Waals surface area contributed by atoms with Crippen LogP contribution in [0.15, 0.2) is 54.6 Å². The molecule has 1 aliphatic heterocycles. The van der Waals surface area contributed by atoms with E-state index in [1.54, 1.807) is 50.5 Å². The number of carbonyl (C=O) groups is 3. The van der Waals surface area contributed by atoms with Crippen LogP contribution in [-0.2, 0) is 16.1 Å². The summed E-state index contributed by atoms with van der Waals surface area (Å²) >= 11 is 0. The van der Waals surface area contributed by atoms with Gasteiger partial charge in [-0.2, -0.15) is 0 Å². The largest absolute Gasteiger partial charge is 0.489 e. The molecule has 0 aliphatic carbocycles. The van der Waals surface area contributed by atoms with Gasteiger partial charge in [0.2, 0.25) is 5.91 Å². The number of hydrogen-bond acceptors (Lipinski definition) is 7. The molecule has 1 saturated heterocycles. The number of pyridine rings is 1. The van der Waals surface area contributed by atoms with Crippen LogP contribution in [0.5, 0.6) is 5.75 Å². The summed E-state index contributed by atoms with van der Waals surface area (Å²) in [5.74, 6) is -1.35. The van der Waals surface area contributed by atoms with Gasteiger partial charge in [0.25, 0.3) is 5.91 Å². The first kappa shape index (κ1) is 26.9. The average Bonchev–Trinajstić information content (AvgIpc) is 3.30. The molecule has 0 radical (unpaired) electrons. The van der Waals surface area contributed by atoms with Gasteiger partial charge in [-0.1, -0.05) is 18.2 Å². The molecule has 3 amide bonds. The number of hydrogen-bond donors (Lipinski definition) is 3. The molecule has 3 aromatic rings. The molecule has 2 aromatic carbocycles. The fourth-order valence-electron chi connectivity index (χ4n) is 4.40. The van der Waals surface area contributed by atoms with E-state index in [0.29, 0.717) is 17.9 Å². The molecule has 10 heteroatoms. The second kappa shape index (κ2) is 11.1. The van der Waals surface area contributed by atoms with E-state index in [9.17, 15) is 14.4 Å². The lowest BCUT2D eigenvalue weighted by molar-refractivity contribution is -0.133. The van der Waals surface area contributed by atoms with Crippen molar-refractivity contribution >= 4 is 28.8 Å². The third kappa shape index (κ3) is 6.38. The number of likely N-dealkylation sites (tertiary alicyclic amines) is 1. The summed E-state index contributed by atoms with van der Waals surface area (Å²) in [5, 5.41) is 13.0. The van der Waals surface area contributed by atoms with Crippen molar-refractivity contribution in [1.29, 1.82) is 0 Å². The number of aryl methyl sites for hydroxylation is 1.